The number of amides is 1. The molecule has 0 spiro atoms. The number of rotatable bonds is 5. The number of aromatic nitrogens is 1. The first kappa shape index (κ1) is 17.7. The van der Waals surface area contributed by atoms with E-state index in [0.717, 1.165) is 17.0 Å². The minimum atomic E-state index is -3.44. The number of hydrogen-bond donors (Lipinski definition) is 2. The van der Waals surface area contributed by atoms with Crippen LogP contribution in [0, 0.1) is 0 Å². The number of carbonyl (C=O) groups excluding carboxylic acids is 1. The lowest BCUT2D eigenvalue weighted by Gasteiger charge is -2.12. The van der Waals surface area contributed by atoms with Crippen molar-refractivity contribution in [2.24, 2.45) is 0 Å². The van der Waals surface area contributed by atoms with Crippen LogP contribution in [0.25, 0.3) is 10.8 Å². The van der Waals surface area contributed by atoms with Crippen LogP contribution in [-0.2, 0) is 10.0 Å². The zero-order chi connectivity index (χ0) is 18.7. The summed E-state index contributed by atoms with van der Waals surface area (Å²) in [7, 11) is -2.02. The molecule has 8 heteroatoms. The molecule has 7 nitrogen and oxygen atoms in total. The van der Waals surface area contributed by atoms with Crippen molar-refractivity contribution in [3.8, 4) is 5.75 Å². The fourth-order valence-electron chi connectivity index (χ4n) is 2.54. The molecule has 0 aliphatic carbocycles. The average Bonchev–Trinajstić information content (AvgIpc) is 2.61. The van der Waals surface area contributed by atoms with Gasteiger partial charge in [0.25, 0.3) is 5.91 Å². The molecule has 0 aliphatic heterocycles. The number of nitrogens with one attached hydrogen (secondary N) is 2. The van der Waals surface area contributed by atoms with Gasteiger partial charge in [0.15, 0.2) is 0 Å². The van der Waals surface area contributed by atoms with E-state index in [2.05, 4.69) is 15.0 Å². The van der Waals surface area contributed by atoms with Gasteiger partial charge in [0.1, 0.15) is 11.4 Å². The maximum atomic E-state index is 12.6. The highest BCUT2D eigenvalue weighted by molar-refractivity contribution is 7.92. The smallest absolute Gasteiger partial charge is 0.274 e. The van der Waals surface area contributed by atoms with Gasteiger partial charge >= 0.3 is 0 Å². The van der Waals surface area contributed by atoms with Gasteiger partial charge in [-0.1, -0.05) is 24.3 Å². The predicted molar refractivity (Wildman–Crippen MR) is 101 cm³/mol. The first-order valence-corrected chi connectivity index (χ1v) is 9.57. The van der Waals surface area contributed by atoms with Crippen molar-refractivity contribution in [2.75, 3.05) is 23.4 Å². The molecule has 2 aromatic carbocycles. The Labute approximate surface area is 151 Å². The van der Waals surface area contributed by atoms with E-state index in [-0.39, 0.29) is 11.6 Å². The minimum absolute atomic E-state index is 0.288. The van der Waals surface area contributed by atoms with E-state index in [9.17, 15) is 13.2 Å². The first-order chi connectivity index (χ1) is 12.4. The van der Waals surface area contributed by atoms with Gasteiger partial charge in [-0.25, -0.2) is 8.42 Å². The van der Waals surface area contributed by atoms with Gasteiger partial charge in [-0.2, -0.15) is 0 Å². The number of fused-ring (bicyclic) bond motifs is 1. The van der Waals surface area contributed by atoms with Gasteiger partial charge in [-0.3, -0.25) is 14.5 Å². The van der Waals surface area contributed by atoms with E-state index in [1.807, 2.05) is 30.3 Å². The second kappa shape index (κ2) is 7.01. The Kier molecular flexibility index (Phi) is 4.77. The molecule has 3 aromatic rings. The van der Waals surface area contributed by atoms with Gasteiger partial charge in [0.2, 0.25) is 10.0 Å². The summed E-state index contributed by atoms with van der Waals surface area (Å²) < 4.78 is 30.3. The van der Waals surface area contributed by atoms with Crippen LogP contribution in [0.5, 0.6) is 5.75 Å². The average molecular weight is 371 g/mol. The van der Waals surface area contributed by atoms with E-state index in [0.29, 0.717) is 17.1 Å². The van der Waals surface area contributed by atoms with Crippen LogP contribution in [-0.4, -0.2) is 32.7 Å². The molecule has 3 rings (SSSR count). The summed E-state index contributed by atoms with van der Waals surface area (Å²) in [6.07, 6.45) is 2.63. The molecule has 0 aliphatic rings. The number of methoxy groups -OCH3 is 1. The number of sulfonamides is 1. The van der Waals surface area contributed by atoms with Crippen molar-refractivity contribution in [1.82, 2.24) is 4.98 Å². The summed E-state index contributed by atoms with van der Waals surface area (Å²) in [6.45, 7) is 0. The number of anilines is 2. The van der Waals surface area contributed by atoms with Gasteiger partial charge < -0.3 is 10.1 Å². The first-order valence-electron chi connectivity index (χ1n) is 7.68. The van der Waals surface area contributed by atoms with Crippen LogP contribution in [0.2, 0.25) is 0 Å². The molecule has 1 amide bonds. The Morgan fingerprint density at radius 1 is 1.12 bits per heavy atom. The Balaban J connectivity index is 1.89. The summed E-state index contributed by atoms with van der Waals surface area (Å²) in [6, 6.07) is 13.9. The maximum Gasteiger partial charge on any atom is 0.274 e. The zero-order valence-electron chi connectivity index (χ0n) is 14.2. The number of carbonyl (C=O) groups is 1. The summed E-state index contributed by atoms with van der Waals surface area (Å²) in [5.41, 5.74) is 1.05. The van der Waals surface area contributed by atoms with Crippen molar-refractivity contribution in [3.63, 3.8) is 0 Å². The zero-order valence-corrected chi connectivity index (χ0v) is 15.0. The molecular weight excluding hydrogens is 354 g/mol. The minimum Gasteiger partial charge on any atom is -0.494 e. The van der Waals surface area contributed by atoms with Crippen LogP contribution < -0.4 is 14.8 Å². The monoisotopic (exact) mass is 371 g/mol. The highest BCUT2D eigenvalue weighted by atomic mass is 32.2. The molecule has 1 heterocycles. The van der Waals surface area contributed by atoms with Crippen LogP contribution in [0.1, 0.15) is 10.5 Å². The number of nitrogens with zero attached hydrogens (tertiary/aromatic N) is 1. The van der Waals surface area contributed by atoms with Gasteiger partial charge in [-0.05, 0) is 23.6 Å². The highest BCUT2D eigenvalue weighted by Gasteiger charge is 2.14. The Bertz CT molecular complexity index is 1080. The molecule has 0 atom stereocenters. The van der Waals surface area contributed by atoms with E-state index >= 15 is 0 Å². The molecule has 134 valence electrons. The van der Waals surface area contributed by atoms with Gasteiger partial charge in [0, 0.05) is 23.3 Å². The summed E-state index contributed by atoms with van der Waals surface area (Å²) >= 11 is 0. The molecular formula is C18H17N3O4S. The predicted octanol–water partition coefficient (Wildman–Crippen LogP) is 2.87. The Morgan fingerprint density at radius 2 is 1.88 bits per heavy atom. The quantitative estimate of drug-likeness (QED) is 0.719. The van der Waals surface area contributed by atoms with E-state index in [1.54, 1.807) is 12.3 Å². The molecule has 0 saturated carbocycles. The van der Waals surface area contributed by atoms with Crippen LogP contribution in [0.3, 0.4) is 0 Å². The van der Waals surface area contributed by atoms with Gasteiger partial charge in [-0.15, -0.1) is 0 Å². The molecule has 0 radical (unpaired) electrons. The molecule has 0 unspecified atom stereocenters. The lowest BCUT2D eigenvalue weighted by atomic mass is 10.1. The second-order valence-corrected chi connectivity index (χ2v) is 7.37. The number of benzene rings is 2. The molecule has 0 fully saturated rings. The Hall–Kier alpha value is -3.13. The molecule has 0 saturated heterocycles. The van der Waals surface area contributed by atoms with E-state index < -0.39 is 10.0 Å². The van der Waals surface area contributed by atoms with E-state index in [4.69, 9.17) is 4.74 Å². The number of hydrogen-bond acceptors (Lipinski definition) is 5. The van der Waals surface area contributed by atoms with Gasteiger partial charge in [0.05, 0.1) is 19.1 Å². The fraction of sp³-hybridized carbons (Fsp3) is 0.111. The van der Waals surface area contributed by atoms with Crippen LogP contribution in [0.15, 0.2) is 54.7 Å². The molecule has 1 aromatic heterocycles. The molecule has 2 N–H and O–H groups in total. The van der Waals surface area contributed by atoms with Crippen LogP contribution in [0.4, 0.5) is 11.4 Å². The summed E-state index contributed by atoms with van der Waals surface area (Å²) in [5, 5.41) is 4.42. The van der Waals surface area contributed by atoms with E-state index in [1.165, 1.54) is 19.2 Å². The van der Waals surface area contributed by atoms with Crippen molar-refractivity contribution in [3.05, 3.63) is 60.4 Å². The topological polar surface area (TPSA) is 97.4 Å². The van der Waals surface area contributed by atoms with Crippen molar-refractivity contribution < 1.29 is 17.9 Å². The standard InChI is InChI=1S/C18H17N3O4S/c1-25-16-11-13(7-8-15(16)21-26(2,23)24)20-18(22)17-14-6-4-3-5-12(14)9-10-19-17/h3-11,21H,1-2H3,(H,20,22). The third-order valence-corrected chi connectivity index (χ3v) is 4.23. The summed E-state index contributed by atoms with van der Waals surface area (Å²) in [5.74, 6) is -0.0771. The SMILES string of the molecule is COc1cc(NC(=O)c2nccc3ccccc23)ccc1NS(C)(=O)=O. The van der Waals surface area contributed by atoms with Crippen LogP contribution >= 0.6 is 0 Å². The second-order valence-electron chi connectivity index (χ2n) is 5.62. The maximum absolute atomic E-state index is 12.6. The number of ether oxygens (including phenoxy) is 1. The number of pyridine rings is 1. The summed E-state index contributed by atoms with van der Waals surface area (Å²) in [4.78, 5) is 16.8. The van der Waals surface area contributed by atoms with Crippen molar-refractivity contribution in [2.45, 2.75) is 0 Å². The molecule has 0 bridgehead atoms. The lowest BCUT2D eigenvalue weighted by molar-refractivity contribution is 0.102. The highest BCUT2D eigenvalue weighted by Crippen LogP contribution is 2.29. The largest absolute Gasteiger partial charge is 0.494 e. The van der Waals surface area contributed by atoms with Crippen molar-refractivity contribution >= 4 is 38.1 Å². The third-order valence-electron chi connectivity index (χ3n) is 3.64. The fourth-order valence-corrected chi connectivity index (χ4v) is 3.11. The third kappa shape index (κ3) is 3.92. The Morgan fingerprint density at radius 3 is 2.62 bits per heavy atom. The lowest BCUT2D eigenvalue weighted by Crippen LogP contribution is -2.15. The normalized spacial score (nSPS) is 11.2. The molecule has 26 heavy (non-hydrogen) atoms. The van der Waals surface area contributed by atoms with Crippen molar-refractivity contribution in [1.29, 1.82) is 0 Å².